The maximum atomic E-state index is 12.5. The van der Waals surface area contributed by atoms with Crippen molar-refractivity contribution in [3.8, 4) is 11.5 Å². The normalized spacial score (nSPS) is 11.1. The predicted molar refractivity (Wildman–Crippen MR) is 101 cm³/mol. The number of carbonyl (C=O) groups is 1. The van der Waals surface area contributed by atoms with E-state index in [1.54, 1.807) is 18.2 Å². The van der Waals surface area contributed by atoms with E-state index >= 15 is 0 Å². The molecule has 1 N–H and O–H groups in total. The summed E-state index contributed by atoms with van der Waals surface area (Å²) in [7, 11) is -0.754. The largest absolute Gasteiger partial charge is 0.493 e. The van der Waals surface area contributed by atoms with Crippen LogP contribution in [0.2, 0.25) is 5.02 Å². The topological polar surface area (TPSA) is 81.7 Å². The molecule has 0 fully saturated rings. The van der Waals surface area contributed by atoms with Gasteiger partial charge in [0.2, 0.25) is 5.91 Å². The van der Waals surface area contributed by atoms with Crippen LogP contribution in [0.4, 0.5) is 5.69 Å². The Labute approximate surface area is 158 Å². The molecule has 0 spiro atoms. The number of hydrogen-bond acceptors (Lipinski definition) is 5. The van der Waals surface area contributed by atoms with Crippen molar-refractivity contribution >= 4 is 33.0 Å². The molecular formula is C18H20ClNO5S. The third-order valence-electron chi connectivity index (χ3n) is 3.79. The van der Waals surface area contributed by atoms with E-state index in [2.05, 4.69) is 5.32 Å². The van der Waals surface area contributed by atoms with E-state index in [0.29, 0.717) is 22.2 Å². The summed E-state index contributed by atoms with van der Waals surface area (Å²) in [5, 5.41) is 3.17. The molecule has 2 aromatic rings. The number of halogens is 1. The first-order chi connectivity index (χ1) is 12.3. The Bertz CT molecular complexity index is 912. The first-order valence-electron chi connectivity index (χ1n) is 7.77. The van der Waals surface area contributed by atoms with Gasteiger partial charge in [-0.2, -0.15) is 0 Å². The van der Waals surface area contributed by atoms with Crippen molar-refractivity contribution in [2.24, 2.45) is 0 Å². The number of anilines is 1. The van der Waals surface area contributed by atoms with E-state index in [1.807, 2.05) is 6.92 Å². The van der Waals surface area contributed by atoms with E-state index in [4.69, 9.17) is 21.1 Å². The number of ether oxygens (including phenoxy) is 2. The summed E-state index contributed by atoms with van der Waals surface area (Å²) >= 11 is 5.91. The molecule has 2 aromatic carbocycles. The van der Waals surface area contributed by atoms with Crippen molar-refractivity contribution in [1.82, 2.24) is 0 Å². The molecule has 6 nitrogen and oxygen atoms in total. The summed E-state index contributed by atoms with van der Waals surface area (Å²) in [5.41, 5.74) is 1.40. The summed E-state index contributed by atoms with van der Waals surface area (Å²) < 4.78 is 35.2. The van der Waals surface area contributed by atoms with Crippen LogP contribution in [0.25, 0.3) is 0 Å². The van der Waals surface area contributed by atoms with Crippen LogP contribution in [0.1, 0.15) is 12.0 Å². The van der Waals surface area contributed by atoms with Crippen LogP contribution in [0.5, 0.6) is 11.5 Å². The maximum absolute atomic E-state index is 12.5. The van der Waals surface area contributed by atoms with Gasteiger partial charge >= 0.3 is 0 Å². The van der Waals surface area contributed by atoms with Crippen molar-refractivity contribution in [3.63, 3.8) is 0 Å². The Morgan fingerprint density at radius 1 is 1.08 bits per heavy atom. The highest BCUT2D eigenvalue weighted by Gasteiger charge is 2.19. The van der Waals surface area contributed by atoms with Gasteiger partial charge in [-0.25, -0.2) is 8.42 Å². The van der Waals surface area contributed by atoms with Gasteiger partial charge in [0.25, 0.3) is 0 Å². The molecule has 140 valence electrons. The second-order valence-electron chi connectivity index (χ2n) is 5.59. The van der Waals surface area contributed by atoms with Crippen molar-refractivity contribution < 1.29 is 22.7 Å². The maximum Gasteiger partial charge on any atom is 0.225 e. The van der Waals surface area contributed by atoms with Crippen molar-refractivity contribution in [2.75, 3.05) is 25.3 Å². The Kier molecular flexibility index (Phi) is 6.50. The fourth-order valence-corrected chi connectivity index (χ4v) is 3.72. The number of sulfone groups is 1. The number of nitrogens with one attached hydrogen (secondary N) is 1. The quantitative estimate of drug-likeness (QED) is 0.773. The van der Waals surface area contributed by atoms with Crippen LogP contribution in [0.15, 0.2) is 41.3 Å². The molecule has 0 saturated heterocycles. The number of methoxy groups -OCH3 is 2. The fraction of sp³-hybridized carbons (Fsp3) is 0.278. The van der Waals surface area contributed by atoms with Gasteiger partial charge in [0.15, 0.2) is 21.3 Å². The first-order valence-corrected chi connectivity index (χ1v) is 9.80. The Morgan fingerprint density at radius 3 is 2.42 bits per heavy atom. The van der Waals surface area contributed by atoms with Crippen LogP contribution in [0.3, 0.4) is 0 Å². The van der Waals surface area contributed by atoms with E-state index in [-0.39, 0.29) is 17.1 Å². The van der Waals surface area contributed by atoms with E-state index in [1.165, 1.54) is 32.4 Å². The molecular weight excluding hydrogens is 378 g/mol. The molecule has 0 atom stereocenters. The number of carbonyl (C=O) groups excluding carboxylic acids is 1. The van der Waals surface area contributed by atoms with E-state index in [0.717, 1.165) is 5.56 Å². The third kappa shape index (κ3) is 4.89. The summed E-state index contributed by atoms with van der Waals surface area (Å²) in [4.78, 5) is 12.2. The minimum absolute atomic E-state index is 0.0712. The summed E-state index contributed by atoms with van der Waals surface area (Å²) in [6.07, 6.45) is -0.178. The lowest BCUT2D eigenvalue weighted by molar-refractivity contribution is -0.115. The number of rotatable bonds is 7. The van der Waals surface area contributed by atoms with Crippen LogP contribution >= 0.6 is 11.6 Å². The molecule has 0 radical (unpaired) electrons. The molecule has 26 heavy (non-hydrogen) atoms. The Hall–Kier alpha value is -2.25. The summed E-state index contributed by atoms with van der Waals surface area (Å²) in [6, 6.07) is 9.44. The van der Waals surface area contributed by atoms with Gasteiger partial charge in [0.1, 0.15) is 0 Å². The Morgan fingerprint density at radius 2 is 1.77 bits per heavy atom. The minimum Gasteiger partial charge on any atom is -0.493 e. The zero-order chi connectivity index (χ0) is 19.3. The molecule has 0 saturated carbocycles. The number of amides is 1. The van der Waals surface area contributed by atoms with Crippen LogP contribution < -0.4 is 14.8 Å². The van der Waals surface area contributed by atoms with Crippen LogP contribution in [-0.2, 0) is 14.6 Å². The van der Waals surface area contributed by atoms with Gasteiger partial charge in [-0.05, 0) is 36.8 Å². The average Bonchev–Trinajstić information content (AvgIpc) is 2.62. The van der Waals surface area contributed by atoms with E-state index in [9.17, 15) is 13.2 Å². The lowest BCUT2D eigenvalue weighted by atomic mass is 10.2. The molecule has 8 heteroatoms. The molecule has 0 aliphatic heterocycles. The standard InChI is InChI=1S/C18H20ClNO5S/c1-12-4-5-13(19)10-15(12)20-18(21)8-9-26(22,23)14-6-7-16(24-2)17(11-14)25-3/h4-7,10-11H,8-9H2,1-3H3,(H,20,21). The first kappa shape index (κ1) is 20.1. The van der Waals surface area contributed by atoms with Gasteiger partial charge < -0.3 is 14.8 Å². The number of hydrogen-bond donors (Lipinski definition) is 1. The summed E-state index contributed by atoms with van der Waals surface area (Å²) in [5.74, 6) is 0.0149. The molecule has 0 bridgehead atoms. The van der Waals surface area contributed by atoms with Crippen LogP contribution in [-0.4, -0.2) is 34.3 Å². The zero-order valence-corrected chi connectivity index (χ0v) is 16.3. The van der Waals surface area contributed by atoms with Crippen molar-refractivity contribution in [2.45, 2.75) is 18.2 Å². The smallest absolute Gasteiger partial charge is 0.225 e. The number of benzene rings is 2. The lowest BCUT2D eigenvalue weighted by Gasteiger charge is -2.11. The molecule has 0 unspecified atom stereocenters. The predicted octanol–water partition coefficient (Wildman–Crippen LogP) is 3.47. The molecule has 0 aliphatic carbocycles. The van der Waals surface area contributed by atoms with Gasteiger partial charge in [0, 0.05) is 23.2 Å². The monoisotopic (exact) mass is 397 g/mol. The van der Waals surface area contributed by atoms with Gasteiger partial charge in [-0.15, -0.1) is 0 Å². The van der Waals surface area contributed by atoms with Gasteiger partial charge in [-0.3, -0.25) is 4.79 Å². The molecule has 2 rings (SSSR count). The zero-order valence-electron chi connectivity index (χ0n) is 14.7. The highest BCUT2D eigenvalue weighted by molar-refractivity contribution is 7.91. The molecule has 0 aliphatic rings. The SMILES string of the molecule is COc1ccc(S(=O)(=O)CCC(=O)Nc2cc(Cl)ccc2C)cc1OC. The second-order valence-corrected chi connectivity index (χ2v) is 8.14. The highest BCUT2D eigenvalue weighted by Crippen LogP contribution is 2.30. The molecule has 1 amide bonds. The molecule has 0 heterocycles. The van der Waals surface area contributed by atoms with E-state index < -0.39 is 15.7 Å². The van der Waals surface area contributed by atoms with Crippen LogP contribution in [0, 0.1) is 6.92 Å². The molecule has 0 aromatic heterocycles. The average molecular weight is 398 g/mol. The fourth-order valence-electron chi connectivity index (χ4n) is 2.30. The van der Waals surface area contributed by atoms with Gasteiger partial charge in [0.05, 0.1) is 24.9 Å². The summed E-state index contributed by atoms with van der Waals surface area (Å²) in [6.45, 7) is 1.83. The van der Waals surface area contributed by atoms with Gasteiger partial charge in [-0.1, -0.05) is 17.7 Å². The minimum atomic E-state index is -3.65. The number of aryl methyl sites for hydroxylation is 1. The third-order valence-corrected chi connectivity index (χ3v) is 5.73. The Balaban J connectivity index is 2.08. The van der Waals surface area contributed by atoms with Crippen molar-refractivity contribution in [1.29, 1.82) is 0 Å². The highest BCUT2D eigenvalue weighted by atomic mass is 35.5. The second kappa shape index (κ2) is 8.42. The lowest BCUT2D eigenvalue weighted by Crippen LogP contribution is -2.18. The van der Waals surface area contributed by atoms with Crippen molar-refractivity contribution in [3.05, 3.63) is 47.0 Å².